The van der Waals surface area contributed by atoms with E-state index < -0.39 is 28.0 Å². The molecule has 5 nitrogen and oxygen atoms in total. The van der Waals surface area contributed by atoms with E-state index in [1.165, 1.54) is 6.92 Å². The lowest BCUT2D eigenvalue weighted by molar-refractivity contribution is -0.144. The van der Waals surface area contributed by atoms with Gasteiger partial charge in [-0.3, -0.25) is 0 Å². The number of alkyl carbamates (subject to hydrolysis) is 1. The van der Waals surface area contributed by atoms with Gasteiger partial charge in [-0.25, -0.2) is 9.59 Å². The number of halogens is 4. The van der Waals surface area contributed by atoms with Crippen LogP contribution in [0.15, 0.2) is 28.7 Å². The smallest absolute Gasteiger partial charge is 0.408 e. The first kappa shape index (κ1) is 18.4. The van der Waals surface area contributed by atoms with Gasteiger partial charge in [-0.2, -0.15) is 0 Å². The number of carbonyl (C=O) groups excluding carboxylic acids is 1. The van der Waals surface area contributed by atoms with E-state index in [1.54, 1.807) is 24.3 Å². The first-order valence-corrected chi connectivity index (χ1v) is 7.48. The van der Waals surface area contributed by atoms with Gasteiger partial charge in [0.2, 0.25) is 3.79 Å². The van der Waals surface area contributed by atoms with Crippen molar-refractivity contribution in [3.8, 4) is 0 Å². The van der Waals surface area contributed by atoms with Crippen LogP contribution in [0.5, 0.6) is 0 Å². The summed E-state index contributed by atoms with van der Waals surface area (Å²) < 4.78 is 3.69. The number of carbonyl (C=O) groups is 2. The number of carboxylic acids is 1. The number of amides is 1. The Hall–Kier alpha value is -0.690. The molecule has 0 fully saturated rings. The zero-order valence-corrected chi connectivity index (χ0v) is 14.6. The average molecular weight is 419 g/mol. The number of ether oxygens (including phenoxy) is 1. The predicted octanol–water partition coefficient (Wildman–Crippen LogP) is 3.85. The van der Waals surface area contributed by atoms with E-state index in [1.807, 2.05) is 0 Å². The van der Waals surface area contributed by atoms with Crippen LogP contribution in [-0.4, -0.2) is 27.6 Å². The van der Waals surface area contributed by atoms with Gasteiger partial charge in [0.25, 0.3) is 0 Å². The van der Waals surface area contributed by atoms with E-state index in [0.29, 0.717) is 5.56 Å². The van der Waals surface area contributed by atoms with E-state index >= 15 is 0 Å². The van der Waals surface area contributed by atoms with Crippen molar-refractivity contribution in [3.05, 3.63) is 34.3 Å². The van der Waals surface area contributed by atoms with E-state index in [-0.39, 0.29) is 0 Å². The first-order chi connectivity index (χ1) is 9.54. The van der Waals surface area contributed by atoms with Crippen LogP contribution in [-0.2, 0) is 15.1 Å². The van der Waals surface area contributed by atoms with E-state index in [2.05, 4.69) is 26.0 Å². The zero-order chi connectivity index (χ0) is 16.3. The molecule has 0 aliphatic heterocycles. The maximum absolute atomic E-state index is 11.7. The molecule has 1 rings (SSSR count). The summed E-state index contributed by atoms with van der Waals surface area (Å²) in [6.45, 7) is 0.828. The third-order valence-corrected chi connectivity index (χ3v) is 3.42. The summed E-state index contributed by atoms with van der Waals surface area (Å²) in [5.41, 5.74) is -1.31. The summed E-state index contributed by atoms with van der Waals surface area (Å²) >= 11 is 19.6. The molecule has 21 heavy (non-hydrogen) atoms. The minimum atomic E-state index is -1.77. The largest absolute Gasteiger partial charge is 0.479 e. The highest BCUT2D eigenvalue weighted by atomic mass is 79.9. The molecule has 0 saturated heterocycles. The quantitative estimate of drug-likeness (QED) is 0.727. The molecule has 0 spiro atoms. The first-order valence-electron chi connectivity index (χ1n) is 5.56. The Morgan fingerprint density at radius 3 is 2.24 bits per heavy atom. The normalized spacial score (nSPS) is 14.1. The second kappa shape index (κ2) is 7.05. The van der Waals surface area contributed by atoms with E-state index in [4.69, 9.17) is 34.8 Å². The second-order valence-corrected chi connectivity index (χ2v) is 7.69. The number of carboxylic acid groups (broad SMARTS) is 1. The fraction of sp³-hybridized carbons (Fsp3) is 0.333. The van der Waals surface area contributed by atoms with Gasteiger partial charge in [0.1, 0.15) is 6.61 Å². The summed E-state index contributed by atoms with van der Waals surface area (Å²) in [7, 11) is 0. The SMILES string of the molecule is C[C@@](NC(=O)OCC(Cl)(Cl)Cl)(C(=O)O)c1ccc(Br)cc1. The van der Waals surface area contributed by atoms with Gasteiger partial charge in [0, 0.05) is 4.47 Å². The topological polar surface area (TPSA) is 75.6 Å². The van der Waals surface area contributed by atoms with Crippen molar-refractivity contribution in [2.45, 2.75) is 16.3 Å². The van der Waals surface area contributed by atoms with Crippen LogP contribution in [0, 0.1) is 0 Å². The molecular weight excluding hydrogens is 408 g/mol. The molecule has 0 radical (unpaired) electrons. The van der Waals surface area contributed by atoms with Crippen LogP contribution < -0.4 is 5.32 Å². The Balaban J connectivity index is 2.89. The number of alkyl halides is 3. The third kappa shape index (κ3) is 5.54. The molecule has 116 valence electrons. The second-order valence-electron chi connectivity index (χ2n) is 4.25. The van der Waals surface area contributed by atoms with Crippen LogP contribution in [0.25, 0.3) is 0 Å². The fourth-order valence-electron chi connectivity index (χ4n) is 1.42. The zero-order valence-electron chi connectivity index (χ0n) is 10.7. The molecule has 2 N–H and O–H groups in total. The standard InChI is InChI=1S/C12H11BrCl3NO4/c1-11(9(18)19,7-2-4-8(13)5-3-7)17-10(20)21-6-12(14,15)16/h2-5H,6H2,1H3,(H,17,20)(H,18,19)/t11-/m0/s1. The van der Waals surface area contributed by atoms with Gasteiger partial charge in [-0.1, -0.05) is 62.9 Å². The molecule has 0 unspecified atom stereocenters. The molecule has 0 aromatic heterocycles. The monoisotopic (exact) mass is 417 g/mol. The van der Waals surface area contributed by atoms with Crippen molar-refractivity contribution >= 4 is 62.8 Å². The van der Waals surface area contributed by atoms with Crippen LogP contribution >= 0.6 is 50.7 Å². The molecule has 0 bridgehead atoms. The molecule has 0 aliphatic rings. The molecule has 1 atom stereocenters. The molecule has 1 aromatic carbocycles. The highest BCUT2D eigenvalue weighted by Gasteiger charge is 2.38. The number of nitrogens with one attached hydrogen (secondary N) is 1. The van der Waals surface area contributed by atoms with Gasteiger partial charge < -0.3 is 15.2 Å². The van der Waals surface area contributed by atoms with Crippen molar-refractivity contribution in [1.29, 1.82) is 0 Å². The lowest BCUT2D eigenvalue weighted by Crippen LogP contribution is -2.50. The number of benzene rings is 1. The lowest BCUT2D eigenvalue weighted by Gasteiger charge is -2.26. The van der Waals surface area contributed by atoms with Gasteiger partial charge in [-0.15, -0.1) is 0 Å². The lowest BCUT2D eigenvalue weighted by atomic mass is 9.92. The summed E-state index contributed by atoms with van der Waals surface area (Å²) in [6.07, 6.45) is -1.01. The number of hydrogen-bond acceptors (Lipinski definition) is 3. The van der Waals surface area contributed by atoms with Crippen LogP contribution in [0.3, 0.4) is 0 Å². The van der Waals surface area contributed by atoms with Crippen molar-refractivity contribution < 1.29 is 19.4 Å². The van der Waals surface area contributed by atoms with Crippen LogP contribution in [0.1, 0.15) is 12.5 Å². The van der Waals surface area contributed by atoms with E-state index in [9.17, 15) is 14.7 Å². The average Bonchev–Trinajstić information content (AvgIpc) is 2.36. The Labute approximate surface area is 144 Å². The van der Waals surface area contributed by atoms with Gasteiger partial charge in [-0.05, 0) is 24.6 Å². The van der Waals surface area contributed by atoms with Gasteiger partial charge in [0.05, 0.1) is 0 Å². The number of rotatable bonds is 4. The van der Waals surface area contributed by atoms with Crippen molar-refractivity contribution in [1.82, 2.24) is 5.32 Å². The molecule has 9 heteroatoms. The summed E-state index contributed by atoms with van der Waals surface area (Å²) in [4.78, 5) is 23.2. The molecule has 0 heterocycles. The maximum atomic E-state index is 11.7. The van der Waals surface area contributed by atoms with Crippen molar-refractivity contribution in [2.75, 3.05) is 6.61 Å². The number of hydrogen-bond donors (Lipinski definition) is 2. The molecular formula is C12H11BrCl3NO4. The summed E-state index contributed by atoms with van der Waals surface area (Å²) in [6, 6.07) is 6.44. The van der Waals surface area contributed by atoms with Crippen molar-refractivity contribution in [3.63, 3.8) is 0 Å². The Bertz CT molecular complexity index is 532. The highest BCUT2D eigenvalue weighted by molar-refractivity contribution is 9.10. The highest BCUT2D eigenvalue weighted by Crippen LogP contribution is 2.27. The van der Waals surface area contributed by atoms with E-state index in [0.717, 1.165) is 4.47 Å². The minimum absolute atomic E-state index is 0.365. The summed E-state index contributed by atoms with van der Waals surface area (Å²) in [5.74, 6) is -1.25. The fourth-order valence-corrected chi connectivity index (χ4v) is 1.85. The Kier molecular flexibility index (Phi) is 6.16. The van der Waals surface area contributed by atoms with Crippen LogP contribution in [0.4, 0.5) is 4.79 Å². The van der Waals surface area contributed by atoms with Gasteiger partial charge >= 0.3 is 12.1 Å². The minimum Gasteiger partial charge on any atom is -0.479 e. The van der Waals surface area contributed by atoms with Gasteiger partial charge in [0.15, 0.2) is 5.54 Å². The molecule has 0 aliphatic carbocycles. The third-order valence-electron chi connectivity index (χ3n) is 2.57. The summed E-state index contributed by atoms with van der Waals surface area (Å²) in [5, 5.41) is 11.6. The molecule has 1 aromatic rings. The molecule has 0 saturated carbocycles. The van der Waals surface area contributed by atoms with Crippen molar-refractivity contribution in [2.24, 2.45) is 0 Å². The predicted molar refractivity (Wildman–Crippen MR) is 83.9 cm³/mol. The Morgan fingerprint density at radius 1 is 1.29 bits per heavy atom. The Morgan fingerprint density at radius 2 is 1.81 bits per heavy atom. The number of aliphatic carboxylic acids is 1. The molecule has 1 amide bonds. The van der Waals surface area contributed by atoms with Crippen LogP contribution in [0.2, 0.25) is 0 Å². The maximum Gasteiger partial charge on any atom is 0.408 e.